The molecular formula is C27H35F2NO3. The second kappa shape index (κ2) is 12.8. The van der Waals surface area contributed by atoms with E-state index in [2.05, 4.69) is 11.8 Å². The van der Waals surface area contributed by atoms with Crippen LogP contribution in [0.4, 0.5) is 8.78 Å². The number of benzene rings is 2. The second-order valence-corrected chi connectivity index (χ2v) is 8.90. The number of hydrogen-bond donors (Lipinski definition) is 0. The smallest absolute Gasteiger partial charge is 0.306 e. The largest absolute Gasteiger partial charge is 0.466 e. The number of likely N-dealkylation sites (tertiary alicyclic amines) is 1. The molecule has 0 aromatic heterocycles. The van der Waals surface area contributed by atoms with E-state index in [0.717, 1.165) is 50.0 Å². The van der Waals surface area contributed by atoms with Crippen LogP contribution < -0.4 is 0 Å². The zero-order chi connectivity index (χ0) is 23.6. The van der Waals surface area contributed by atoms with E-state index in [1.807, 2.05) is 6.92 Å². The summed E-state index contributed by atoms with van der Waals surface area (Å²) in [6.07, 6.45) is 3.09. The average molecular weight is 460 g/mol. The van der Waals surface area contributed by atoms with Gasteiger partial charge in [0.2, 0.25) is 0 Å². The third kappa shape index (κ3) is 7.90. The van der Waals surface area contributed by atoms with Gasteiger partial charge in [0.25, 0.3) is 0 Å². The summed E-state index contributed by atoms with van der Waals surface area (Å²) in [4.78, 5) is 14.3. The molecule has 1 saturated heterocycles. The number of ether oxygens (including phenoxy) is 2. The quantitative estimate of drug-likeness (QED) is 0.316. The predicted octanol–water partition coefficient (Wildman–Crippen LogP) is 5.76. The number of carbonyl (C=O) groups excluding carboxylic acids is 1. The molecule has 0 bridgehead atoms. The van der Waals surface area contributed by atoms with E-state index in [-0.39, 0.29) is 23.7 Å². The maximum atomic E-state index is 13.4. The van der Waals surface area contributed by atoms with E-state index in [4.69, 9.17) is 9.47 Å². The molecule has 1 aliphatic heterocycles. The summed E-state index contributed by atoms with van der Waals surface area (Å²) < 4.78 is 38.0. The third-order valence-electron chi connectivity index (χ3n) is 6.40. The number of halogens is 2. The van der Waals surface area contributed by atoms with Crippen LogP contribution in [0.1, 0.15) is 56.8 Å². The van der Waals surface area contributed by atoms with E-state index in [0.29, 0.717) is 31.5 Å². The minimum Gasteiger partial charge on any atom is -0.466 e. The van der Waals surface area contributed by atoms with E-state index < -0.39 is 0 Å². The van der Waals surface area contributed by atoms with Crippen molar-refractivity contribution in [3.05, 3.63) is 71.3 Å². The molecule has 180 valence electrons. The molecule has 0 spiro atoms. The molecule has 6 heteroatoms. The van der Waals surface area contributed by atoms with Crippen LogP contribution >= 0.6 is 0 Å². The highest BCUT2D eigenvalue weighted by Gasteiger charge is 2.28. The van der Waals surface area contributed by atoms with Crippen molar-refractivity contribution in [2.75, 3.05) is 32.8 Å². The Hall–Kier alpha value is -2.31. The highest BCUT2D eigenvalue weighted by Crippen LogP contribution is 2.28. The van der Waals surface area contributed by atoms with Crippen LogP contribution in [-0.2, 0) is 14.3 Å². The molecule has 2 atom stereocenters. The Morgan fingerprint density at radius 3 is 2.18 bits per heavy atom. The summed E-state index contributed by atoms with van der Waals surface area (Å²) in [5.74, 6) is 0.196. The number of esters is 1. The lowest BCUT2D eigenvalue weighted by molar-refractivity contribution is -0.145. The normalized spacial score (nSPS) is 19.1. The molecule has 1 fully saturated rings. The lowest BCUT2D eigenvalue weighted by atomic mass is 9.84. The summed E-state index contributed by atoms with van der Waals surface area (Å²) in [5, 5.41) is 0. The van der Waals surface area contributed by atoms with Crippen LogP contribution in [0.25, 0.3) is 0 Å². The van der Waals surface area contributed by atoms with Gasteiger partial charge in [0.1, 0.15) is 17.7 Å². The lowest BCUT2D eigenvalue weighted by Crippen LogP contribution is -2.40. The average Bonchev–Trinajstić information content (AvgIpc) is 2.80. The maximum Gasteiger partial charge on any atom is 0.306 e. The highest BCUT2D eigenvalue weighted by atomic mass is 19.1. The van der Waals surface area contributed by atoms with E-state index in [1.165, 1.54) is 24.3 Å². The van der Waals surface area contributed by atoms with Gasteiger partial charge in [-0.05, 0) is 86.5 Å². The van der Waals surface area contributed by atoms with Crippen molar-refractivity contribution >= 4 is 5.97 Å². The molecule has 3 rings (SSSR count). The van der Waals surface area contributed by atoms with Gasteiger partial charge in [-0.3, -0.25) is 4.79 Å². The summed E-state index contributed by atoms with van der Waals surface area (Å²) in [6, 6.07) is 12.5. The first-order chi connectivity index (χ1) is 16.0. The SMILES string of the molecule is CCOC(=O)CC1CCN(CCCCOC(c2ccc(F)cc2)c2ccc(F)cc2)CC1C. The fourth-order valence-electron chi connectivity index (χ4n) is 4.52. The Labute approximate surface area is 195 Å². The Morgan fingerprint density at radius 2 is 1.64 bits per heavy atom. The van der Waals surface area contributed by atoms with Gasteiger partial charge in [-0.2, -0.15) is 0 Å². The molecule has 1 aliphatic rings. The molecule has 2 aromatic carbocycles. The van der Waals surface area contributed by atoms with E-state index >= 15 is 0 Å². The van der Waals surface area contributed by atoms with Gasteiger partial charge in [0.15, 0.2) is 0 Å². The zero-order valence-electron chi connectivity index (χ0n) is 19.6. The Bertz CT molecular complexity index is 811. The molecule has 0 amide bonds. The van der Waals surface area contributed by atoms with E-state index in [1.54, 1.807) is 24.3 Å². The number of piperidine rings is 1. The topological polar surface area (TPSA) is 38.8 Å². The lowest BCUT2D eigenvalue weighted by Gasteiger charge is -2.36. The van der Waals surface area contributed by atoms with Crippen molar-refractivity contribution in [1.82, 2.24) is 4.90 Å². The van der Waals surface area contributed by atoms with Crippen LogP contribution in [0.2, 0.25) is 0 Å². The molecule has 0 N–H and O–H groups in total. The standard InChI is InChI=1S/C27H35F2NO3/c1-3-32-26(31)18-23-14-16-30(19-20(23)2)15-4-5-17-33-27(21-6-10-24(28)11-7-21)22-8-12-25(29)13-9-22/h6-13,20,23,27H,3-5,14-19H2,1-2H3. The number of nitrogens with zero attached hydrogens (tertiary/aromatic N) is 1. The summed E-state index contributed by atoms with van der Waals surface area (Å²) in [6.45, 7) is 8.06. The molecule has 33 heavy (non-hydrogen) atoms. The van der Waals surface area contributed by atoms with Crippen molar-refractivity contribution in [3.8, 4) is 0 Å². The van der Waals surface area contributed by atoms with Gasteiger partial charge < -0.3 is 14.4 Å². The van der Waals surface area contributed by atoms with Crippen LogP contribution in [0.3, 0.4) is 0 Å². The van der Waals surface area contributed by atoms with Gasteiger partial charge in [-0.1, -0.05) is 31.2 Å². The highest BCUT2D eigenvalue weighted by molar-refractivity contribution is 5.69. The van der Waals surface area contributed by atoms with Crippen LogP contribution in [-0.4, -0.2) is 43.7 Å². The number of rotatable bonds is 11. The number of hydrogen-bond acceptors (Lipinski definition) is 4. The van der Waals surface area contributed by atoms with Gasteiger partial charge in [-0.25, -0.2) is 8.78 Å². The van der Waals surface area contributed by atoms with Crippen LogP contribution in [0, 0.1) is 23.5 Å². The van der Waals surface area contributed by atoms with Gasteiger partial charge in [0, 0.05) is 19.6 Å². The first-order valence-corrected chi connectivity index (χ1v) is 12.0. The molecule has 2 aromatic rings. The monoisotopic (exact) mass is 459 g/mol. The fraction of sp³-hybridized carbons (Fsp3) is 0.519. The van der Waals surface area contributed by atoms with Crippen molar-refractivity contribution < 1.29 is 23.0 Å². The minimum absolute atomic E-state index is 0.0863. The first-order valence-electron chi connectivity index (χ1n) is 12.0. The molecule has 1 heterocycles. The molecular weight excluding hydrogens is 424 g/mol. The third-order valence-corrected chi connectivity index (χ3v) is 6.40. The van der Waals surface area contributed by atoms with Crippen LogP contribution in [0.5, 0.6) is 0 Å². The van der Waals surface area contributed by atoms with Gasteiger partial charge in [-0.15, -0.1) is 0 Å². The van der Waals surface area contributed by atoms with Crippen molar-refractivity contribution in [2.45, 2.75) is 45.6 Å². The van der Waals surface area contributed by atoms with Gasteiger partial charge >= 0.3 is 5.97 Å². The molecule has 0 radical (unpaired) electrons. The van der Waals surface area contributed by atoms with Crippen molar-refractivity contribution in [2.24, 2.45) is 11.8 Å². The van der Waals surface area contributed by atoms with Crippen molar-refractivity contribution in [3.63, 3.8) is 0 Å². The zero-order valence-corrected chi connectivity index (χ0v) is 19.6. The summed E-state index contributed by atoms with van der Waals surface area (Å²) in [7, 11) is 0. The van der Waals surface area contributed by atoms with Crippen LogP contribution in [0.15, 0.2) is 48.5 Å². The Balaban J connectivity index is 1.44. The number of carbonyl (C=O) groups is 1. The fourth-order valence-corrected chi connectivity index (χ4v) is 4.52. The summed E-state index contributed by atoms with van der Waals surface area (Å²) in [5.41, 5.74) is 1.70. The maximum absolute atomic E-state index is 13.4. The second-order valence-electron chi connectivity index (χ2n) is 8.90. The van der Waals surface area contributed by atoms with E-state index in [9.17, 15) is 13.6 Å². The van der Waals surface area contributed by atoms with Gasteiger partial charge in [0.05, 0.1) is 6.61 Å². The first kappa shape index (κ1) is 25.3. The molecule has 0 saturated carbocycles. The molecule has 0 aliphatic carbocycles. The predicted molar refractivity (Wildman–Crippen MR) is 125 cm³/mol. The molecule has 2 unspecified atom stereocenters. The Morgan fingerprint density at radius 1 is 1.03 bits per heavy atom. The van der Waals surface area contributed by atoms with Crippen molar-refractivity contribution in [1.29, 1.82) is 0 Å². The minimum atomic E-state index is -0.357. The summed E-state index contributed by atoms with van der Waals surface area (Å²) >= 11 is 0. The molecule has 4 nitrogen and oxygen atoms in total. The number of unbranched alkanes of at least 4 members (excludes halogenated alkanes) is 1. The Kier molecular flexibility index (Phi) is 9.82.